The molecule has 0 fully saturated rings. The predicted octanol–water partition coefficient (Wildman–Crippen LogP) is 1.46. The van der Waals surface area contributed by atoms with Crippen LogP contribution in [-0.2, 0) is 11.1 Å². The number of benzene rings is 1. The van der Waals surface area contributed by atoms with Gasteiger partial charge in [0, 0.05) is 5.69 Å². The van der Waals surface area contributed by atoms with E-state index in [2.05, 4.69) is 6.58 Å². The zero-order chi connectivity index (χ0) is 9.14. The molecular formula is C8H9NO2S. The van der Waals surface area contributed by atoms with E-state index in [-0.39, 0.29) is 4.91 Å². The second-order valence-electron chi connectivity index (χ2n) is 2.30. The van der Waals surface area contributed by atoms with Crippen LogP contribution in [0.15, 0.2) is 30.8 Å². The summed E-state index contributed by atoms with van der Waals surface area (Å²) < 4.78 is 19.3. The smallest absolute Gasteiger partial charge is 0.186 e. The largest absolute Gasteiger partial charge is 0.399 e. The lowest BCUT2D eigenvalue weighted by Crippen LogP contribution is -1.92. The minimum atomic E-state index is -2.02. The van der Waals surface area contributed by atoms with E-state index in [0.717, 1.165) is 0 Å². The van der Waals surface area contributed by atoms with Crippen molar-refractivity contribution in [3.63, 3.8) is 0 Å². The van der Waals surface area contributed by atoms with Crippen molar-refractivity contribution in [2.75, 3.05) is 5.73 Å². The molecule has 0 amide bonds. The average Bonchev–Trinajstić information content (AvgIpc) is 2.03. The van der Waals surface area contributed by atoms with Gasteiger partial charge in [0.2, 0.25) is 0 Å². The molecule has 64 valence electrons. The Bertz CT molecular complexity index is 336. The topological polar surface area (TPSA) is 63.3 Å². The summed E-state index contributed by atoms with van der Waals surface area (Å²) >= 11 is -2.02. The molecule has 0 aromatic heterocycles. The Balaban J connectivity index is 3.04. The fourth-order valence-electron chi connectivity index (χ4n) is 0.813. The van der Waals surface area contributed by atoms with Gasteiger partial charge in [-0.1, -0.05) is 18.7 Å². The zero-order valence-electron chi connectivity index (χ0n) is 6.36. The molecule has 12 heavy (non-hydrogen) atoms. The van der Waals surface area contributed by atoms with Crippen LogP contribution in [-0.4, -0.2) is 8.76 Å². The molecular weight excluding hydrogens is 174 g/mol. The van der Waals surface area contributed by atoms with Crippen LogP contribution in [0.25, 0.3) is 4.91 Å². The molecule has 0 saturated carbocycles. The Hall–Kier alpha value is -1.13. The van der Waals surface area contributed by atoms with Crippen LogP contribution < -0.4 is 5.73 Å². The standard InChI is InChI=1S/C8H9NO2S/c1-6(12(10)11)7-3-2-4-8(9)5-7/h2-5H,1,9H2,(H,10,11). The Morgan fingerprint density at radius 2 is 2.25 bits per heavy atom. The molecule has 0 bridgehead atoms. The van der Waals surface area contributed by atoms with Gasteiger partial charge in [0.25, 0.3) is 0 Å². The van der Waals surface area contributed by atoms with Crippen LogP contribution in [0.3, 0.4) is 0 Å². The number of hydrogen-bond donors (Lipinski definition) is 2. The molecule has 1 atom stereocenters. The Morgan fingerprint density at radius 3 is 2.75 bits per heavy atom. The molecule has 0 saturated heterocycles. The molecule has 4 heteroatoms. The van der Waals surface area contributed by atoms with Gasteiger partial charge in [0.05, 0.1) is 4.91 Å². The van der Waals surface area contributed by atoms with E-state index < -0.39 is 11.1 Å². The second kappa shape index (κ2) is 3.51. The average molecular weight is 183 g/mol. The van der Waals surface area contributed by atoms with Crippen molar-refractivity contribution in [1.29, 1.82) is 0 Å². The van der Waals surface area contributed by atoms with E-state index in [1.165, 1.54) is 0 Å². The fraction of sp³-hybridized carbons (Fsp3) is 0. The van der Waals surface area contributed by atoms with Gasteiger partial charge in [0.1, 0.15) is 0 Å². The molecule has 3 N–H and O–H groups in total. The van der Waals surface area contributed by atoms with Crippen molar-refractivity contribution < 1.29 is 8.76 Å². The van der Waals surface area contributed by atoms with Crippen LogP contribution in [0.1, 0.15) is 5.56 Å². The number of nitrogens with two attached hydrogens (primary N) is 1. The maximum Gasteiger partial charge on any atom is 0.186 e. The van der Waals surface area contributed by atoms with Crippen LogP contribution in [0.5, 0.6) is 0 Å². The number of nitrogen functional groups attached to an aromatic ring is 1. The van der Waals surface area contributed by atoms with Gasteiger partial charge in [-0.3, -0.25) is 0 Å². The van der Waals surface area contributed by atoms with E-state index in [1.807, 2.05) is 0 Å². The Kier molecular flexibility index (Phi) is 2.62. The molecule has 1 aromatic carbocycles. The quantitative estimate of drug-likeness (QED) is 0.539. The highest BCUT2D eigenvalue weighted by Crippen LogP contribution is 2.17. The van der Waals surface area contributed by atoms with Gasteiger partial charge in [-0.2, -0.15) is 0 Å². The summed E-state index contributed by atoms with van der Waals surface area (Å²) in [7, 11) is 0. The maximum atomic E-state index is 10.6. The molecule has 1 unspecified atom stereocenters. The highest BCUT2D eigenvalue weighted by molar-refractivity contribution is 7.89. The lowest BCUT2D eigenvalue weighted by atomic mass is 10.2. The third-order valence-electron chi connectivity index (χ3n) is 1.42. The second-order valence-corrected chi connectivity index (χ2v) is 3.29. The normalized spacial score (nSPS) is 12.4. The number of rotatable bonds is 2. The van der Waals surface area contributed by atoms with Crippen molar-refractivity contribution in [2.45, 2.75) is 0 Å². The van der Waals surface area contributed by atoms with Gasteiger partial charge >= 0.3 is 0 Å². The molecule has 0 aliphatic heterocycles. The Labute approximate surface area is 73.2 Å². The maximum absolute atomic E-state index is 10.6. The summed E-state index contributed by atoms with van der Waals surface area (Å²) in [4.78, 5) is 0.169. The third kappa shape index (κ3) is 1.93. The first-order chi connectivity index (χ1) is 5.61. The van der Waals surface area contributed by atoms with E-state index in [0.29, 0.717) is 11.3 Å². The van der Waals surface area contributed by atoms with Crippen molar-refractivity contribution in [3.8, 4) is 0 Å². The van der Waals surface area contributed by atoms with E-state index in [1.54, 1.807) is 24.3 Å². The first-order valence-corrected chi connectivity index (χ1v) is 4.37. The first-order valence-electron chi connectivity index (χ1n) is 3.27. The molecule has 1 aromatic rings. The highest BCUT2D eigenvalue weighted by Gasteiger charge is 2.03. The molecule has 0 heterocycles. The van der Waals surface area contributed by atoms with Gasteiger partial charge in [-0.25, -0.2) is 4.21 Å². The highest BCUT2D eigenvalue weighted by atomic mass is 32.2. The summed E-state index contributed by atoms with van der Waals surface area (Å²) in [5.41, 5.74) is 6.62. The van der Waals surface area contributed by atoms with Gasteiger partial charge in [0.15, 0.2) is 11.1 Å². The lowest BCUT2D eigenvalue weighted by Gasteiger charge is -2.00. The van der Waals surface area contributed by atoms with Crippen LogP contribution >= 0.6 is 0 Å². The molecule has 0 aliphatic rings. The number of anilines is 1. The minimum Gasteiger partial charge on any atom is -0.399 e. The van der Waals surface area contributed by atoms with Gasteiger partial charge < -0.3 is 10.3 Å². The van der Waals surface area contributed by atoms with Crippen LogP contribution in [0.2, 0.25) is 0 Å². The molecule has 0 spiro atoms. The van der Waals surface area contributed by atoms with Crippen molar-refractivity contribution >= 4 is 21.7 Å². The molecule has 0 aliphatic carbocycles. The summed E-state index contributed by atoms with van der Waals surface area (Å²) in [6.07, 6.45) is 0. The fourth-order valence-corrected chi connectivity index (χ4v) is 1.14. The predicted molar refractivity (Wildman–Crippen MR) is 50.7 cm³/mol. The van der Waals surface area contributed by atoms with Crippen LogP contribution in [0, 0.1) is 0 Å². The van der Waals surface area contributed by atoms with Crippen molar-refractivity contribution in [1.82, 2.24) is 0 Å². The summed E-state index contributed by atoms with van der Waals surface area (Å²) in [6.45, 7) is 3.46. The molecule has 1 rings (SSSR count). The van der Waals surface area contributed by atoms with E-state index in [4.69, 9.17) is 10.3 Å². The third-order valence-corrected chi connectivity index (χ3v) is 2.08. The van der Waals surface area contributed by atoms with E-state index in [9.17, 15) is 4.21 Å². The minimum absolute atomic E-state index is 0.169. The first kappa shape index (κ1) is 8.96. The summed E-state index contributed by atoms with van der Waals surface area (Å²) in [5, 5.41) is 0. The molecule has 3 nitrogen and oxygen atoms in total. The lowest BCUT2D eigenvalue weighted by molar-refractivity contribution is 0.575. The van der Waals surface area contributed by atoms with Crippen LogP contribution in [0.4, 0.5) is 5.69 Å². The Morgan fingerprint density at radius 1 is 1.58 bits per heavy atom. The van der Waals surface area contributed by atoms with Crippen molar-refractivity contribution in [3.05, 3.63) is 36.4 Å². The SMILES string of the molecule is C=C(c1cccc(N)c1)S(=O)O. The van der Waals surface area contributed by atoms with Gasteiger partial charge in [-0.05, 0) is 17.7 Å². The van der Waals surface area contributed by atoms with Crippen molar-refractivity contribution in [2.24, 2.45) is 0 Å². The van der Waals surface area contributed by atoms with Gasteiger partial charge in [-0.15, -0.1) is 0 Å². The summed E-state index contributed by atoms with van der Waals surface area (Å²) in [6, 6.07) is 6.71. The zero-order valence-corrected chi connectivity index (χ0v) is 7.17. The molecule has 0 radical (unpaired) electrons. The number of hydrogen-bond acceptors (Lipinski definition) is 2. The monoisotopic (exact) mass is 183 g/mol. The summed E-state index contributed by atoms with van der Waals surface area (Å²) in [5.74, 6) is 0. The van der Waals surface area contributed by atoms with E-state index >= 15 is 0 Å².